The highest BCUT2D eigenvalue weighted by molar-refractivity contribution is 9.13. The van der Waals surface area contributed by atoms with Crippen LogP contribution < -0.4 is 10.1 Å². The summed E-state index contributed by atoms with van der Waals surface area (Å²) in [4.78, 5) is 23.0. The lowest BCUT2D eigenvalue weighted by atomic mass is 10.3. The van der Waals surface area contributed by atoms with Crippen LogP contribution in [0.15, 0.2) is 25.9 Å². The van der Waals surface area contributed by atoms with Crippen molar-refractivity contribution in [1.29, 1.82) is 0 Å². The van der Waals surface area contributed by atoms with Gasteiger partial charge in [-0.05, 0) is 31.9 Å². The summed E-state index contributed by atoms with van der Waals surface area (Å²) in [7, 11) is 0. The highest BCUT2D eigenvalue weighted by Crippen LogP contribution is 2.39. The fourth-order valence-electron chi connectivity index (χ4n) is 1.25. The first-order chi connectivity index (χ1) is 9.49. The monoisotopic (exact) mass is 423 g/mol. The Hall–Kier alpha value is -1.39. The Kier molecular flexibility index (Phi) is 4.78. The summed E-state index contributed by atoms with van der Waals surface area (Å²) in [6, 6.07) is 1.49. The van der Waals surface area contributed by atoms with E-state index in [4.69, 9.17) is 9.84 Å². The molecular formula is C10H7Br2N3O4S. The van der Waals surface area contributed by atoms with Gasteiger partial charge >= 0.3 is 5.97 Å². The topological polar surface area (TPSA) is 104 Å². The van der Waals surface area contributed by atoms with Crippen LogP contribution in [-0.2, 0) is 9.59 Å². The van der Waals surface area contributed by atoms with Gasteiger partial charge in [0.05, 0.1) is 14.5 Å². The molecule has 0 saturated carbocycles. The maximum atomic E-state index is 11.9. The molecule has 2 heterocycles. The molecule has 0 spiro atoms. The number of carbonyl (C=O) groups is 2. The molecule has 7 nitrogen and oxygen atoms in total. The Morgan fingerprint density at radius 1 is 1.50 bits per heavy atom. The van der Waals surface area contributed by atoms with E-state index < -0.39 is 18.0 Å². The molecule has 0 aliphatic heterocycles. The molecule has 0 bridgehead atoms. The third-order valence-corrected chi connectivity index (χ3v) is 5.41. The van der Waals surface area contributed by atoms with Crippen LogP contribution in [0.4, 0.5) is 5.82 Å². The molecule has 2 aromatic heterocycles. The number of halogens is 2. The maximum absolute atomic E-state index is 11.9. The van der Waals surface area contributed by atoms with Gasteiger partial charge in [-0.3, -0.25) is 9.89 Å². The van der Waals surface area contributed by atoms with E-state index in [1.54, 1.807) is 5.38 Å². The quantitative estimate of drug-likeness (QED) is 0.639. The fourth-order valence-corrected chi connectivity index (χ4v) is 2.96. The molecule has 0 aliphatic rings. The van der Waals surface area contributed by atoms with E-state index in [9.17, 15) is 9.59 Å². The average Bonchev–Trinajstić information content (AvgIpc) is 2.99. The molecule has 1 amide bonds. The van der Waals surface area contributed by atoms with Gasteiger partial charge in [0.2, 0.25) is 0 Å². The number of anilines is 1. The van der Waals surface area contributed by atoms with E-state index in [-0.39, 0.29) is 11.6 Å². The smallest absolute Gasteiger partial charge is 0.354 e. The van der Waals surface area contributed by atoms with E-state index in [0.717, 1.165) is 3.79 Å². The number of aromatic amines is 1. The van der Waals surface area contributed by atoms with Crippen molar-refractivity contribution in [1.82, 2.24) is 10.2 Å². The molecule has 20 heavy (non-hydrogen) atoms. The Morgan fingerprint density at radius 2 is 2.25 bits per heavy atom. The van der Waals surface area contributed by atoms with E-state index in [1.165, 1.54) is 23.6 Å². The van der Waals surface area contributed by atoms with Gasteiger partial charge in [-0.2, -0.15) is 5.10 Å². The molecule has 3 N–H and O–H groups in total. The lowest BCUT2D eigenvalue weighted by molar-refractivity contribution is -0.149. The van der Waals surface area contributed by atoms with Gasteiger partial charge in [0.15, 0.2) is 0 Å². The molecule has 1 unspecified atom stereocenters. The highest BCUT2D eigenvalue weighted by atomic mass is 79.9. The third-order valence-electron chi connectivity index (χ3n) is 2.12. The molecule has 1 atom stereocenters. The van der Waals surface area contributed by atoms with Crippen LogP contribution in [0.3, 0.4) is 0 Å². The second-order valence-electron chi connectivity index (χ2n) is 3.48. The van der Waals surface area contributed by atoms with Crippen LogP contribution in [0.1, 0.15) is 0 Å². The van der Waals surface area contributed by atoms with Crippen LogP contribution in [0.25, 0.3) is 0 Å². The molecule has 2 rings (SSSR count). The van der Waals surface area contributed by atoms with Crippen molar-refractivity contribution in [2.75, 3.05) is 5.32 Å². The Balaban J connectivity index is 2.13. The number of hydrogen-bond donors (Lipinski definition) is 3. The normalized spacial score (nSPS) is 11.9. The van der Waals surface area contributed by atoms with E-state index in [2.05, 4.69) is 47.4 Å². The molecule has 10 heteroatoms. The van der Waals surface area contributed by atoms with Gasteiger partial charge in [0.25, 0.3) is 12.0 Å². The predicted octanol–water partition coefficient (Wildman–Crippen LogP) is 2.47. The highest BCUT2D eigenvalue weighted by Gasteiger charge is 2.30. The molecule has 0 saturated heterocycles. The van der Waals surface area contributed by atoms with Crippen molar-refractivity contribution in [3.05, 3.63) is 25.9 Å². The van der Waals surface area contributed by atoms with Crippen LogP contribution >= 0.6 is 43.2 Å². The van der Waals surface area contributed by atoms with Crippen molar-refractivity contribution < 1.29 is 19.4 Å². The second kappa shape index (κ2) is 6.37. The molecule has 0 aliphatic carbocycles. The number of thiophene rings is 1. The summed E-state index contributed by atoms with van der Waals surface area (Å²) in [6.07, 6.45) is -0.241. The SMILES string of the molecule is O=C(O)C(Oc1csc(Br)c1Br)C(=O)Nc1ccn[nH]1. The number of nitrogens with zero attached hydrogens (tertiary/aromatic N) is 1. The minimum atomic E-state index is -1.67. The van der Waals surface area contributed by atoms with Gasteiger partial charge in [-0.15, -0.1) is 11.3 Å². The first-order valence-corrected chi connectivity index (χ1v) is 7.57. The first-order valence-electron chi connectivity index (χ1n) is 5.11. The number of aromatic nitrogens is 2. The number of aliphatic carboxylic acids is 1. The first kappa shape index (κ1) is 15.0. The summed E-state index contributed by atoms with van der Waals surface area (Å²) >= 11 is 7.80. The van der Waals surface area contributed by atoms with Crippen LogP contribution in [0, 0.1) is 0 Å². The molecule has 2 aromatic rings. The predicted molar refractivity (Wildman–Crippen MR) is 79.0 cm³/mol. The Bertz CT molecular complexity index is 628. The fraction of sp³-hybridized carbons (Fsp3) is 0.100. The van der Waals surface area contributed by atoms with E-state index >= 15 is 0 Å². The number of nitrogens with one attached hydrogen (secondary N) is 2. The molecule has 0 fully saturated rings. The summed E-state index contributed by atoms with van der Waals surface area (Å²) < 4.78 is 6.53. The number of carboxylic acids is 1. The number of rotatable bonds is 5. The van der Waals surface area contributed by atoms with Crippen molar-refractivity contribution in [2.24, 2.45) is 0 Å². The summed E-state index contributed by atoms with van der Waals surface area (Å²) in [6.45, 7) is 0. The molecule has 0 aromatic carbocycles. The van der Waals surface area contributed by atoms with Gasteiger partial charge in [-0.25, -0.2) is 4.79 Å². The zero-order valence-corrected chi connectivity index (χ0v) is 13.6. The molecule has 0 radical (unpaired) electrons. The zero-order valence-electron chi connectivity index (χ0n) is 9.59. The van der Waals surface area contributed by atoms with Gasteiger partial charge < -0.3 is 15.2 Å². The second-order valence-corrected chi connectivity index (χ2v) is 6.47. The minimum absolute atomic E-state index is 0.272. The number of ether oxygens (including phenoxy) is 1. The molecule has 106 valence electrons. The van der Waals surface area contributed by atoms with E-state index in [0.29, 0.717) is 4.47 Å². The zero-order chi connectivity index (χ0) is 14.7. The summed E-state index contributed by atoms with van der Waals surface area (Å²) in [5.41, 5.74) is 0. The summed E-state index contributed by atoms with van der Waals surface area (Å²) in [5.74, 6) is -1.64. The number of hydrogen-bond acceptors (Lipinski definition) is 5. The van der Waals surface area contributed by atoms with Crippen LogP contribution in [0.5, 0.6) is 5.75 Å². The van der Waals surface area contributed by atoms with Gasteiger partial charge in [0.1, 0.15) is 11.6 Å². The van der Waals surface area contributed by atoms with Crippen molar-refractivity contribution in [2.45, 2.75) is 6.10 Å². The Labute approximate surface area is 133 Å². The van der Waals surface area contributed by atoms with Crippen molar-refractivity contribution in [3.63, 3.8) is 0 Å². The lowest BCUT2D eigenvalue weighted by Crippen LogP contribution is -2.39. The van der Waals surface area contributed by atoms with Crippen molar-refractivity contribution in [3.8, 4) is 5.75 Å². The Morgan fingerprint density at radius 3 is 2.75 bits per heavy atom. The van der Waals surface area contributed by atoms with Crippen LogP contribution in [0.2, 0.25) is 0 Å². The minimum Gasteiger partial charge on any atom is -0.478 e. The van der Waals surface area contributed by atoms with E-state index in [1.807, 2.05) is 0 Å². The number of carbonyl (C=O) groups excluding carboxylic acids is 1. The van der Waals surface area contributed by atoms with Crippen molar-refractivity contribution >= 4 is 60.9 Å². The number of H-pyrrole nitrogens is 1. The molecular weight excluding hydrogens is 418 g/mol. The number of amides is 1. The van der Waals surface area contributed by atoms with Gasteiger partial charge in [-0.1, -0.05) is 0 Å². The van der Waals surface area contributed by atoms with Crippen LogP contribution in [-0.4, -0.2) is 33.3 Å². The maximum Gasteiger partial charge on any atom is 0.354 e. The average molecular weight is 425 g/mol. The standard InChI is InChI=1S/C10H7Br2N3O4S/c11-6-4(3-20-8(6)12)19-7(10(17)18)9(16)14-5-1-2-13-15-5/h1-3,7H,(H,17,18)(H2,13,14,15,16). The summed E-state index contributed by atoms with van der Waals surface area (Å²) in [5, 5.41) is 19.2. The largest absolute Gasteiger partial charge is 0.478 e. The van der Waals surface area contributed by atoms with Gasteiger partial charge in [0, 0.05) is 11.4 Å². The lowest BCUT2D eigenvalue weighted by Gasteiger charge is -2.13. The third kappa shape index (κ3) is 3.38. The number of carboxylic acid groups (broad SMARTS) is 1.